The number of piperidine rings is 1. The SMILES string of the molecule is C[C@@H](C(=O)N1CCCC(C(N)=O)C1)N1CC[C@H](NS(=O)(=O)c2ccc3cc(Cl)ccc3c2)C1=O. The topological polar surface area (TPSA) is 130 Å². The smallest absolute Gasteiger partial charge is 0.245 e. The number of hydrogen-bond acceptors (Lipinski definition) is 5. The standard InChI is InChI=1S/C23H27ClN4O5S/c1-14(22(30)27-9-2-3-17(13-27)21(25)29)28-10-8-20(23(28)31)26-34(32,33)19-7-5-15-11-18(24)6-4-16(15)12-19/h4-7,11-12,14,17,20,26H,2-3,8-10,13H2,1H3,(H2,25,29)/t14-,17?,20-/m0/s1. The summed E-state index contributed by atoms with van der Waals surface area (Å²) in [5, 5.41) is 2.07. The molecule has 3 N–H and O–H groups in total. The van der Waals surface area contributed by atoms with Gasteiger partial charge in [0.1, 0.15) is 12.1 Å². The summed E-state index contributed by atoms with van der Waals surface area (Å²) in [5.74, 6) is -1.54. The Hall–Kier alpha value is -2.69. The van der Waals surface area contributed by atoms with E-state index in [0.717, 1.165) is 5.39 Å². The van der Waals surface area contributed by atoms with Crippen LogP contribution < -0.4 is 10.5 Å². The summed E-state index contributed by atoms with van der Waals surface area (Å²) in [6.07, 6.45) is 1.56. The van der Waals surface area contributed by atoms with Gasteiger partial charge in [-0.05, 0) is 61.2 Å². The van der Waals surface area contributed by atoms with Gasteiger partial charge in [-0.2, -0.15) is 4.72 Å². The maximum absolute atomic E-state index is 13.0. The van der Waals surface area contributed by atoms with Crippen LogP contribution in [0.5, 0.6) is 0 Å². The Labute approximate surface area is 203 Å². The number of carbonyl (C=O) groups is 3. The number of carbonyl (C=O) groups excluding carboxylic acids is 3. The van der Waals surface area contributed by atoms with Crippen molar-refractivity contribution in [3.05, 3.63) is 41.4 Å². The second-order valence-corrected chi connectivity index (χ2v) is 11.0. The Bertz CT molecular complexity index is 1250. The monoisotopic (exact) mass is 506 g/mol. The Morgan fingerprint density at radius 1 is 1.12 bits per heavy atom. The number of sulfonamides is 1. The predicted octanol–water partition coefficient (Wildman–Crippen LogP) is 1.48. The molecule has 3 atom stereocenters. The lowest BCUT2D eigenvalue weighted by Gasteiger charge is -2.35. The molecule has 2 aliphatic heterocycles. The van der Waals surface area contributed by atoms with Gasteiger partial charge in [-0.15, -0.1) is 0 Å². The molecule has 2 heterocycles. The van der Waals surface area contributed by atoms with Crippen LogP contribution in [-0.2, 0) is 24.4 Å². The second kappa shape index (κ2) is 9.52. The third-order valence-electron chi connectivity index (χ3n) is 6.58. The molecule has 2 saturated heterocycles. The number of likely N-dealkylation sites (tertiary alicyclic amines) is 2. The van der Waals surface area contributed by atoms with Crippen LogP contribution in [-0.4, -0.2) is 67.7 Å². The van der Waals surface area contributed by atoms with Crippen LogP contribution in [0.1, 0.15) is 26.2 Å². The van der Waals surface area contributed by atoms with Crippen molar-refractivity contribution >= 4 is 50.1 Å². The molecule has 2 aromatic rings. The minimum Gasteiger partial charge on any atom is -0.369 e. The van der Waals surface area contributed by atoms with Gasteiger partial charge in [-0.1, -0.05) is 23.7 Å². The Kier molecular flexibility index (Phi) is 6.84. The highest BCUT2D eigenvalue weighted by atomic mass is 35.5. The van der Waals surface area contributed by atoms with Crippen LogP contribution in [0.25, 0.3) is 10.8 Å². The maximum atomic E-state index is 13.0. The number of hydrogen-bond donors (Lipinski definition) is 2. The number of halogens is 1. The average molecular weight is 507 g/mol. The van der Waals surface area contributed by atoms with Crippen LogP contribution in [0.3, 0.4) is 0 Å². The highest BCUT2D eigenvalue weighted by Crippen LogP contribution is 2.25. The highest BCUT2D eigenvalue weighted by molar-refractivity contribution is 7.89. The van der Waals surface area contributed by atoms with E-state index in [4.69, 9.17) is 17.3 Å². The lowest BCUT2D eigenvalue weighted by molar-refractivity contribution is -0.145. The van der Waals surface area contributed by atoms with Gasteiger partial charge in [0.2, 0.25) is 27.7 Å². The van der Waals surface area contributed by atoms with Crippen molar-refractivity contribution in [3.63, 3.8) is 0 Å². The van der Waals surface area contributed by atoms with Gasteiger partial charge in [-0.25, -0.2) is 8.42 Å². The molecule has 2 fully saturated rings. The molecule has 0 aromatic heterocycles. The van der Waals surface area contributed by atoms with Gasteiger partial charge in [0.05, 0.1) is 10.8 Å². The molecule has 4 rings (SSSR count). The predicted molar refractivity (Wildman–Crippen MR) is 127 cm³/mol. The quantitative estimate of drug-likeness (QED) is 0.613. The fourth-order valence-electron chi connectivity index (χ4n) is 4.62. The van der Waals surface area contributed by atoms with Crippen molar-refractivity contribution in [1.82, 2.24) is 14.5 Å². The molecule has 0 spiro atoms. The summed E-state index contributed by atoms with van der Waals surface area (Å²) in [7, 11) is -3.96. The van der Waals surface area contributed by atoms with Gasteiger partial charge in [0.15, 0.2) is 0 Å². The number of rotatable bonds is 6. The number of primary amides is 1. The van der Waals surface area contributed by atoms with Crippen molar-refractivity contribution in [2.75, 3.05) is 19.6 Å². The molecule has 0 bridgehead atoms. The van der Waals surface area contributed by atoms with E-state index in [0.29, 0.717) is 29.8 Å². The largest absolute Gasteiger partial charge is 0.369 e. The second-order valence-electron chi connectivity index (χ2n) is 8.85. The number of benzene rings is 2. The van der Waals surface area contributed by atoms with Gasteiger partial charge >= 0.3 is 0 Å². The van der Waals surface area contributed by atoms with Gasteiger partial charge in [0, 0.05) is 24.7 Å². The summed E-state index contributed by atoms with van der Waals surface area (Å²) < 4.78 is 28.4. The van der Waals surface area contributed by atoms with E-state index in [-0.39, 0.29) is 30.3 Å². The van der Waals surface area contributed by atoms with Gasteiger partial charge < -0.3 is 15.5 Å². The molecule has 0 radical (unpaired) electrons. The van der Waals surface area contributed by atoms with E-state index in [9.17, 15) is 22.8 Å². The molecule has 34 heavy (non-hydrogen) atoms. The third kappa shape index (κ3) is 4.89. The number of amides is 3. The zero-order valence-electron chi connectivity index (χ0n) is 18.7. The van der Waals surface area contributed by atoms with Crippen LogP contribution in [0.4, 0.5) is 0 Å². The van der Waals surface area contributed by atoms with Crippen LogP contribution in [0.2, 0.25) is 5.02 Å². The molecule has 11 heteroatoms. The first-order valence-corrected chi connectivity index (χ1v) is 13.0. The Balaban J connectivity index is 1.44. The van der Waals surface area contributed by atoms with Crippen LogP contribution in [0, 0.1) is 5.92 Å². The first kappa shape index (κ1) is 24.4. The zero-order chi connectivity index (χ0) is 24.6. The van der Waals surface area contributed by atoms with E-state index in [1.54, 1.807) is 36.1 Å². The average Bonchev–Trinajstić information content (AvgIpc) is 3.16. The summed E-state index contributed by atoms with van der Waals surface area (Å²) in [6, 6.07) is 8.09. The van der Waals surface area contributed by atoms with Crippen molar-refractivity contribution in [1.29, 1.82) is 0 Å². The van der Waals surface area contributed by atoms with E-state index in [1.807, 2.05) is 0 Å². The fourth-order valence-corrected chi connectivity index (χ4v) is 6.06. The van der Waals surface area contributed by atoms with E-state index < -0.39 is 39.8 Å². The fraction of sp³-hybridized carbons (Fsp3) is 0.435. The van der Waals surface area contributed by atoms with Crippen molar-refractivity contribution in [3.8, 4) is 0 Å². The lowest BCUT2D eigenvalue weighted by atomic mass is 9.97. The minimum absolute atomic E-state index is 0.0449. The van der Waals surface area contributed by atoms with Crippen molar-refractivity contribution < 1.29 is 22.8 Å². The van der Waals surface area contributed by atoms with Crippen molar-refractivity contribution in [2.24, 2.45) is 11.7 Å². The summed E-state index contributed by atoms with van der Waals surface area (Å²) in [4.78, 5) is 40.5. The number of fused-ring (bicyclic) bond motifs is 1. The molecule has 182 valence electrons. The summed E-state index contributed by atoms with van der Waals surface area (Å²) >= 11 is 5.99. The lowest BCUT2D eigenvalue weighted by Crippen LogP contribution is -2.53. The van der Waals surface area contributed by atoms with E-state index in [2.05, 4.69) is 4.72 Å². The Morgan fingerprint density at radius 3 is 2.56 bits per heavy atom. The maximum Gasteiger partial charge on any atom is 0.245 e. The number of nitrogens with one attached hydrogen (secondary N) is 1. The Morgan fingerprint density at radius 2 is 1.82 bits per heavy atom. The first-order valence-electron chi connectivity index (χ1n) is 11.2. The molecule has 3 amide bonds. The van der Waals surface area contributed by atoms with Crippen LogP contribution >= 0.6 is 11.6 Å². The van der Waals surface area contributed by atoms with Crippen LogP contribution in [0.15, 0.2) is 41.3 Å². The number of nitrogens with zero attached hydrogens (tertiary/aromatic N) is 2. The number of nitrogens with two attached hydrogens (primary N) is 1. The first-order chi connectivity index (χ1) is 16.1. The van der Waals surface area contributed by atoms with Crippen molar-refractivity contribution in [2.45, 2.75) is 43.2 Å². The molecular weight excluding hydrogens is 480 g/mol. The van der Waals surface area contributed by atoms with Gasteiger partial charge in [-0.3, -0.25) is 14.4 Å². The summed E-state index contributed by atoms with van der Waals surface area (Å²) in [5.41, 5.74) is 5.40. The van der Waals surface area contributed by atoms with E-state index >= 15 is 0 Å². The molecular formula is C23H27ClN4O5S. The third-order valence-corrected chi connectivity index (χ3v) is 8.29. The van der Waals surface area contributed by atoms with Gasteiger partial charge in [0.25, 0.3) is 0 Å². The minimum atomic E-state index is -3.96. The molecule has 2 aromatic carbocycles. The summed E-state index contributed by atoms with van der Waals surface area (Å²) in [6.45, 7) is 2.61. The molecule has 9 nitrogen and oxygen atoms in total. The molecule has 2 aliphatic rings. The molecule has 0 aliphatic carbocycles. The molecule has 0 saturated carbocycles. The highest BCUT2D eigenvalue weighted by Gasteiger charge is 2.41. The van der Waals surface area contributed by atoms with E-state index in [1.165, 1.54) is 17.0 Å². The zero-order valence-corrected chi connectivity index (χ0v) is 20.3. The normalized spacial score (nSPS) is 22.2. The molecule has 1 unspecified atom stereocenters.